The molecule has 2 heterocycles. The number of carbonyl (C=O) groups excluding carboxylic acids is 1. The summed E-state index contributed by atoms with van der Waals surface area (Å²) in [6, 6.07) is 2.18. The first-order valence-electron chi connectivity index (χ1n) is 8.03. The van der Waals surface area contributed by atoms with Crippen LogP contribution in [-0.4, -0.2) is 58.8 Å². The minimum Gasteiger partial charge on any atom is -0.357 e. The Kier molecular flexibility index (Phi) is 6.24. The SMILES string of the molecule is CCNC(=NCCn1cccn1)NC1CCN(C(=O)CC)C1. The Bertz CT molecular complexity index is 484. The predicted molar refractivity (Wildman–Crippen MR) is 86.6 cm³/mol. The fraction of sp³-hybridized carbons (Fsp3) is 0.667. The second kappa shape index (κ2) is 8.41. The van der Waals surface area contributed by atoms with E-state index in [1.165, 1.54) is 0 Å². The van der Waals surface area contributed by atoms with Gasteiger partial charge in [-0.25, -0.2) is 0 Å². The van der Waals surface area contributed by atoms with Crippen molar-refractivity contribution in [2.45, 2.75) is 39.3 Å². The monoisotopic (exact) mass is 306 g/mol. The maximum Gasteiger partial charge on any atom is 0.222 e. The van der Waals surface area contributed by atoms with Crippen LogP contribution in [0.1, 0.15) is 26.7 Å². The molecule has 2 rings (SSSR count). The van der Waals surface area contributed by atoms with Crippen LogP contribution in [0.2, 0.25) is 0 Å². The zero-order valence-electron chi connectivity index (χ0n) is 13.5. The first kappa shape index (κ1) is 16.3. The Morgan fingerprint density at radius 3 is 3.00 bits per heavy atom. The minimum absolute atomic E-state index is 0.227. The van der Waals surface area contributed by atoms with Crippen molar-refractivity contribution in [3.8, 4) is 0 Å². The lowest BCUT2D eigenvalue weighted by Gasteiger charge is -2.18. The average Bonchev–Trinajstić information content (AvgIpc) is 3.18. The third kappa shape index (κ3) is 4.75. The highest BCUT2D eigenvalue weighted by molar-refractivity contribution is 5.80. The summed E-state index contributed by atoms with van der Waals surface area (Å²) in [7, 11) is 0. The van der Waals surface area contributed by atoms with Gasteiger partial charge in [0.2, 0.25) is 5.91 Å². The van der Waals surface area contributed by atoms with E-state index in [1.807, 2.05) is 35.7 Å². The van der Waals surface area contributed by atoms with Gasteiger partial charge in [-0.1, -0.05) is 6.92 Å². The molecule has 1 saturated heterocycles. The third-order valence-corrected chi connectivity index (χ3v) is 3.69. The molecule has 1 aromatic rings. The van der Waals surface area contributed by atoms with Gasteiger partial charge in [-0.2, -0.15) is 5.10 Å². The lowest BCUT2D eigenvalue weighted by Crippen LogP contribution is -2.45. The Morgan fingerprint density at radius 1 is 1.45 bits per heavy atom. The topological polar surface area (TPSA) is 74.6 Å². The standard InChI is InChI=1S/C15H26N6O/c1-3-14(22)20-10-6-13(12-20)19-15(16-4-2)17-8-11-21-9-5-7-18-21/h5,7,9,13H,3-4,6,8,10-12H2,1-2H3,(H2,16,17,19). The van der Waals surface area contributed by atoms with E-state index in [2.05, 4.69) is 20.7 Å². The molecule has 2 N–H and O–H groups in total. The molecule has 0 bridgehead atoms. The maximum absolute atomic E-state index is 11.7. The zero-order valence-corrected chi connectivity index (χ0v) is 13.5. The molecule has 1 aliphatic rings. The first-order chi connectivity index (χ1) is 10.7. The van der Waals surface area contributed by atoms with Gasteiger partial charge in [-0.05, 0) is 19.4 Å². The number of guanidine groups is 1. The van der Waals surface area contributed by atoms with Gasteiger partial charge in [0.15, 0.2) is 5.96 Å². The van der Waals surface area contributed by atoms with E-state index in [-0.39, 0.29) is 11.9 Å². The van der Waals surface area contributed by atoms with Crippen molar-refractivity contribution in [3.63, 3.8) is 0 Å². The summed E-state index contributed by atoms with van der Waals surface area (Å²) >= 11 is 0. The second-order valence-corrected chi connectivity index (χ2v) is 5.35. The number of nitrogens with one attached hydrogen (secondary N) is 2. The van der Waals surface area contributed by atoms with Crippen molar-refractivity contribution < 1.29 is 4.79 Å². The number of rotatable bonds is 6. The van der Waals surface area contributed by atoms with Crippen molar-refractivity contribution in [1.82, 2.24) is 25.3 Å². The number of carbonyl (C=O) groups is 1. The smallest absolute Gasteiger partial charge is 0.222 e. The molecule has 22 heavy (non-hydrogen) atoms. The highest BCUT2D eigenvalue weighted by atomic mass is 16.2. The van der Waals surface area contributed by atoms with Gasteiger partial charge in [0, 0.05) is 44.5 Å². The molecule has 1 aliphatic heterocycles. The van der Waals surface area contributed by atoms with Crippen LogP contribution < -0.4 is 10.6 Å². The lowest BCUT2D eigenvalue weighted by atomic mass is 10.3. The summed E-state index contributed by atoms with van der Waals surface area (Å²) in [5.41, 5.74) is 0. The molecular formula is C15H26N6O. The number of aliphatic imine (C=N–C) groups is 1. The predicted octanol–water partition coefficient (Wildman–Crippen LogP) is 0.449. The summed E-state index contributed by atoms with van der Waals surface area (Å²) in [6.07, 6.45) is 5.24. The summed E-state index contributed by atoms with van der Waals surface area (Å²) in [5.74, 6) is 1.04. The van der Waals surface area contributed by atoms with Crippen LogP contribution in [0.25, 0.3) is 0 Å². The molecule has 1 amide bonds. The van der Waals surface area contributed by atoms with Crippen LogP contribution in [0.15, 0.2) is 23.5 Å². The fourth-order valence-corrected chi connectivity index (χ4v) is 2.54. The number of amides is 1. The van der Waals surface area contributed by atoms with Crippen molar-refractivity contribution >= 4 is 11.9 Å². The molecular weight excluding hydrogens is 280 g/mol. The molecule has 7 heteroatoms. The average molecular weight is 306 g/mol. The molecule has 1 unspecified atom stereocenters. The Morgan fingerprint density at radius 2 is 2.32 bits per heavy atom. The van der Waals surface area contributed by atoms with Crippen LogP contribution >= 0.6 is 0 Å². The van der Waals surface area contributed by atoms with Gasteiger partial charge < -0.3 is 15.5 Å². The van der Waals surface area contributed by atoms with Crippen LogP contribution in [0.3, 0.4) is 0 Å². The van der Waals surface area contributed by atoms with Gasteiger partial charge in [0.1, 0.15) is 0 Å². The molecule has 0 saturated carbocycles. The largest absolute Gasteiger partial charge is 0.357 e. The van der Waals surface area contributed by atoms with E-state index in [1.54, 1.807) is 6.20 Å². The maximum atomic E-state index is 11.7. The number of nitrogens with zero attached hydrogens (tertiary/aromatic N) is 4. The molecule has 1 atom stereocenters. The van der Waals surface area contributed by atoms with Crippen molar-refractivity contribution in [2.24, 2.45) is 4.99 Å². The van der Waals surface area contributed by atoms with E-state index in [9.17, 15) is 4.79 Å². The highest BCUT2D eigenvalue weighted by Gasteiger charge is 2.25. The summed E-state index contributed by atoms with van der Waals surface area (Å²) in [6.45, 7) is 7.79. The highest BCUT2D eigenvalue weighted by Crippen LogP contribution is 2.10. The normalized spacial score (nSPS) is 18.5. The zero-order chi connectivity index (χ0) is 15.8. The van der Waals surface area contributed by atoms with Crippen LogP contribution in [0.4, 0.5) is 0 Å². The van der Waals surface area contributed by atoms with E-state index in [0.29, 0.717) is 13.0 Å². The van der Waals surface area contributed by atoms with E-state index in [4.69, 9.17) is 0 Å². The van der Waals surface area contributed by atoms with Crippen LogP contribution in [0.5, 0.6) is 0 Å². The molecule has 0 aliphatic carbocycles. The minimum atomic E-state index is 0.227. The first-order valence-corrected chi connectivity index (χ1v) is 8.03. The quantitative estimate of drug-likeness (QED) is 0.591. The Hall–Kier alpha value is -2.05. The summed E-state index contributed by atoms with van der Waals surface area (Å²) in [5, 5.41) is 10.8. The van der Waals surface area contributed by atoms with Gasteiger partial charge in [-0.3, -0.25) is 14.5 Å². The molecule has 7 nitrogen and oxygen atoms in total. The number of likely N-dealkylation sites (tertiary alicyclic amines) is 1. The van der Waals surface area contributed by atoms with Crippen LogP contribution in [0, 0.1) is 0 Å². The second-order valence-electron chi connectivity index (χ2n) is 5.35. The van der Waals surface area contributed by atoms with Crippen molar-refractivity contribution in [2.75, 3.05) is 26.2 Å². The molecule has 1 fully saturated rings. The molecule has 1 aromatic heterocycles. The fourth-order valence-electron chi connectivity index (χ4n) is 2.54. The van der Waals surface area contributed by atoms with Gasteiger partial charge >= 0.3 is 0 Å². The van der Waals surface area contributed by atoms with E-state index < -0.39 is 0 Å². The number of hydrogen-bond acceptors (Lipinski definition) is 3. The number of aromatic nitrogens is 2. The van der Waals surface area contributed by atoms with E-state index >= 15 is 0 Å². The molecule has 122 valence electrons. The molecule has 0 spiro atoms. The van der Waals surface area contributed by atoms with Crippen LogP contribution in [-0.2, 0) is 11.3 Å². The Labute approximate surface area is 131 Å². The third-order valence-electron chi connectivity index (χ3n) is 3.69. The molecule has 0 aromatic carbocycles. The van der Waals surface area contributed by atoms with Gasteiger partial charge in [0.25, 0.3) is 0 Å². The Balaban J connectivity index is 1.82. The summed E-state index contributed by atoms with van der Waals surface area (Å²) < 4.78 is 1.87. The van der Waals surface area contributed by atoms with Gasteiger partial charge in [-0.15, -0.1) is 0 Å². The van der Waals surface area contributed by atoms with E-state index in [0.717, 1.165) is 38.6 Å². The lowest BCUT2D eigenvalue weighted by molar-refractivity contribution is -0.129. The number of hydrogen-bond donors (Lipinski definition) is 2. The van der Waals surface area contributed by atoms with Crippen molar-refractivity contribution in [3.05, 3.63) is 18.5 Å². The summed E-state index contributed by atoms with van der Waals surface area (Å²) in [4.78, 5) is 18.2. The van der Waals surface area contributed by atoms with Crippen molar-refractivity contribution in [1.29, 1.82) is 0 Å². The van der Waals surface area contributed by atoms with Gasteiger partial charge in [0.05, 0.1) is 13.1 Å². The molecule has 0 radical (unpaired) electrons.